The van der Waals surface area contributed by atoms with Gasteiger partial charge < -0.3 is 10.6 Å². The minimum absolute atomic E-state index is 0.0226. The van der Waals surface area contributed by atoms with E-state index >= 15 is 0 Å². The molecule has 1 aliphatic rings. The Balaban J connectivity index is 2.18. The lowest BCUT2D eigenvalue weighted by Crippen LogP contribution is -2.20. The van der Waals surface area contributed by atoms with E-state index in [1.165, 1.54) is 12.8 Å². The molecule has 1 atom stereocenters. The first-order valence-corrected chi connectivity index (χ1v) is 6.38. The van der Waals surface area contributed by atoms with Crippen LogP contribution in [0.25, 0.3) is 0 Å². The van der Waals surface area contributed by atoms with E-state index in [-0.39, 0.29) is 5.84 Å². The summed E-state index contributed by atoms with van der Waals surface area (Å²) >= 11 is 6.13. The lowest BCUT2D eigenvalue weighted by molar-refractivity contribution is 0.569. The number of hydrogen-bond acceptors (Lipinski definition) is 2. The third-order valence-electron chi connectivity index (χ3n) is 3.47. The summed E-state index contributed by atoms with van der Waals surface area (Å²) in [6.07, 6.45) is 2.48. The van der Waals surface area contributed by atoms with E-state index in [9.17, 15) is 0 Å². The topological polar surface area (TPSA) is 53.1 Å². The Hall–Kier alpha value is -1.22. The molecule has 0 saturated carbocycles. The lowest BCUT2D eigenvalue weighted by Gasteiger charge is -2.19. The molecule has 3 nitrogen and oxygen atoms in total. The van der Waals surface area contributed by atoms with Crippen molar-refractivity contribution in [2.24, 2.45) is 11.7 Å². The minimum Gasteiger partial charge on any atom is -0.384 e. The summed E-state index contributed by atoms with van der Waals surface area (Å²) in [5.74, 6) is 0.815. The highest BCUT2D eigenvalue weighted by Crippen LogP contribution is 2.28. The molecule has 1 unspecified atom stereocenters. The van der Waals surface area contributed by atoms with Gasteiger partial charge in [0.05, 0.1) is 5.02 Å². The molecule has 0 spiro atoms. The molecule has 2 rings (SSSR count). The zero-order valence-electron chi connectivity index (χ0n) is 10.0. The second-order valence-corrected chi connectivity index (χ2v) is 4.99. The molecule has 17 heavy (non-hydrogen) atoms. The second kappa shape index (κ2) is 4.96. The SMILES string of the molecule is CCC1CCN(c2ccc(C(=N)N)c(Cl)c2)C1. The zero-order chi connectivity index (χ0) is 12.4. The molecule has 1 heterocycles. The van der Waals surface area contributed by atoms with Crippen LogP contribution in [0.1, 0.15) is 25.3 Å². The predicted molar refractivity (Wildman–Crippen MR) is 73.1 cm³/mol. The van der Waals surface area contributed by atoms with Crippen molar-refractivity contribution in [1.29, 1.82) is 5.41 Å². The standard InChI is InChI=1S/C13H18ClN3/c1-2-9-5-6-17(8-9)10-3-4-11(13(15)16)12(14)7-10/h3-4,7,9H,2,5-6,8H2,1H3,(H3,15,16). The fourth-order valence-corrected chi connectivity index (χ4v) is 2.60. The molecule has 0 bridgehead atoms. The van der Waals surface area contributed by atoms with Crippen LogP contribution in [-0.2, 0) is 0 Å². The monoisotopic (exact) mass is 251 g/mol. The Morgan fingerprint density at radius 2 is 2.35 bits per heavy atom. The van der Waals surface area contributed by atoms with Crippen molar-refractivity contribution in [2.75, 3.05) is 18.0 Å². The normalized spacial score (nSPS) is 19.6. The van der Waals surface area contributed by atoms with E-state index in [0.717, 1.165) is 24.7 Å². The molecule has 3 N–H and O–H groups in total. The first kappa shape index (κ1) is 12.2. The quantitative estimate of drug-likeness (QED) is 0.641. The first-order chi connectivity index (χ1) is 8.11. The number of nitrogen functional groups attached to an aromatic ring is 1. The van der Waals surface area contributed by atoms with E-state index in [1.54, 1.807) is 0 Å². The van der Waals surface area contributed by atoms with Gasteiger partial charge in [-0.25, -0.2) is 0 Å². The average molecular weight is 252 g/mol. The van der Waals surface area contributed by atoms with Crippen LogP contribution in [0.4, 0.5) is 5.69 Å². The summed E-state index contributed by atoms with van der Waals surface area (Å²) in [6, 6.07) is 5.75. The zero-order valence-corrected chi connectivity index (χ0v) is 10.8. The largest absolute Gasteiger partial charge is 0.384 e. The van der Waals surface area contributed by atoms with Crippen molar-refractivity contribution in [3.8, 4) is 0 Å². The number of benzene rings is 1. The molecular formula is C13H18ClN3. The molecule has 1 aromatic carbocycles. The average Bonchev–Trinajstić information content (AvgIpc) is 2.76. The maximum atomic E-state index is 7.40. The van der Waals surface area contributed by atoms with Crippen LogP contribution < -0.4 is 10.6 Å². The van der Waals surface area contributed by atoms with Crippen molar-refractivity contribution < 1.29 is 0 Å². The van der Waals surface area contributed by atoms with E-state index < -0.39 is 0 Å². The van der Waals surface area contributed by atoms with Gasteiger partial charge in [-0.3, -0.25) is 5.41 Å². The Kier molecular flexibility index (Phi) is 3.57. The van der Waals surface area contributed by atoms with Crippen molar-refractivity contribution >= 4 is 23.1 Å². The highest BCUT2D eigenvalue weighted by molar-refractivity contribution is 6.34. The number of nitrogens with one attached hydrogen (secondary N) is 1. The molecule has 0 aromatic heterocycles. The summed E-state index contributed by atoms with van der Waals surface area (Å²) < 4.78 is 0. The van der Waals surface area contributed by atoms with Gasteiger partial charge in [0.25, 0.3) is 0 Å². The fraction of sp³-hybridized carbons (Fsp3) is 0.462. The molecule has 1 saturated heterocycles. The summed E-state index contributed by atoms with van der Waals surface area (Å²) in [6.45, 7) is 4.43. The molecule has 0 amide bonds. The van der Waals surface area contributed by atoms with E-state index in [2.05, 4.69) is 11.8 Å². The van der Waals surface area contributed by atoms with Gasteiger partial charge in [0.2, 0.25) is 0 Å². The molecule has 0 aliphatic carbocycles. The number of hydrogen-bond donors (Lipinski definition) is 2. The Labute approximate surface area is 107 Å². The van der Waals surface area contributed by atoms with Crippen LogP contribution in [0.15, 0.2) is 18.2 Å². The van der Waals surface area contributed by atoms with E-state index in [1.807, 2.05) is 18.2 Å². The lowest BCUT2D eigenvalue weighted by atomic mass is 10.1. The summed E-state index contributed by atoms with van der Waals surface area (Å²) in [5, 5.41) is 7.96. The summed E-state index contributed by atoms with van der Waals surface area (Å²) in [4.78, 5) is 2.35. The number of nitrogens with two attached hydrogens (primary N) is 1. The van der Waals surface area contributed by atoms with Crippen LogP contribution in [-0.4, -0.2) is 18.9 Å². The first-order valence-electron chi connectivity index (χ1n) is 6.00. The minimum atomic E-state index is 0.0226. The molecule has 1 aromatic rings. The van der Waals surface area contributed by atoms with Gasteiger partial charge in [-0.1, -0.05) is 24.9 Å². The predicted octanol–water partition coefficient (Wildman–Crippen LogP) is 2.86. The molecular weight excluding hydrogens is 234 g/mol. The van der Waals surface area contributed by atoms with Gasteiger partial charge in [-0.15, -0.1) is 0 Å². The van der Waals surface area contributed by atoms with Gasteiger partial charge in [-0.05, 0) is 30.5 Å². The highest BCUT2D eigenvalue weighted by atomic mass is 35.5. The van der Waals surface area contributed by atoms with Crippen LogP contribution in [0.5, 0.6) is 0 Å². The van der Waals surface area contributed by atoms with Gasteiger partial charge >= 0.3 is 0 Å². The van der Waals surface area contributed by atoms with Gasteiger partial charge in [-0.2, -0.15) is 0 Å². The van der Waals surface area contributed by atoms with Gasteiger partial charge in [0, 0.05) is 24.3 Å². The Morgan fingerprint density at radius 3 is 2.88 bits per heavy atom. The number of halogens is 1. The van der Waals surface area contributed by atoms with Crippen LogP contribution in [0.3, 0.4) is 0 Å². The van der Waals surface area contributed by atoms with Crippen molar-refractivity contribution in [3.63, 3.8) is 0 Å². The molecule has 1 aliphatic heterocycles. The number of anilines is 1. The van der Waals surface area contributed by atoms with Crippen molar-refractivity contribution in [1.82, 2.24) is 0 Å². The van der Waals surface area contributed by atoms with Gasteiger partial charge in [0.15, 0.2) is 0 Å². The Morgan fingerprint density at radius 1 is 1.59 bits per heavy atom. The number of rotatable bonds is 3. The van der Waals surface area contributed by atoms with E-state index in [0.29, 0.717) is 10.6 Å². The second-order valence-electron chi connectivity index (χ2n) is 4.59. The summed E-state index contributed by atoms with van der Waals surface area (Å²) in [7, 11) is 0. The van der Waals surface area contributed by atoms with Crippen molar-refractivity contribution in [2.45, 2.75) is 19.8 Å². The van der Waals surface area contributed by atoms with Crippen LogP contribution in [0.2, 0.25) is 5.02 Å². The highest BCUT2D eigenvalue weighted by Gasteiger charge is 2.21. The number of nitrogens with zero attached hydrogens (tertiary/aromatic N) is 1. The maximum Gasteiger partial charge on any atom is 0.124 e. The third kappa shape index (κ3) is 2.55. The molecule has 4 heteroatoms. The molecule has 1 fully saturated rings. The van der Waals surface area contributed by atoms with Crippen LogP contribution in [0, 0.1) is 11.3 Å². The van der Waals surface area contributed by atoms with Crippen molar-refractivity contribution in [3.05, 3.63) is 28.8 Å². The van der Waals surface area contributed by atoms with E-state index in [4.69, 9.17) is 22.7 Å². The Bertz CT molecular complexity index is 431. The van der Waals surface area contributed by atoms with Gasteiger partial charge in [0.1, 0.15) is 5.84 Å². The maximum absolute atomic E-state index is 7.40. The molecule has 92 valence electrons. The smallest absolute Gasteiger partial charge is 0.124 e. The number of amidine groups is 1. The molecule has 0 radical (unpaired) electrons. The van der Waals surface area contributed by atoms with Crippen LogP contribution >= 0.6 is 11.6 Å². The summed E-state index contributed by atoms with van der Waals surface area (Å²) in [5.41, 5.74) is 7.19. The third-order valence-corrected chi connectivity index (χ3v) is 3.78. The fourth-order valence-electron chi connectivity index (χ4n) is 2.32.